The van der Waals surface area contributed by atoms with Crippen molar-refractivity contribution in [2.45, 2.75) is 61.5 Å². The maximum absolute atomic E-state index is 2.27. The maximum atomic E-state index is 2.27. The van der Waals surface area contributed by atoms with Gasteiger partial charge in [0.1, 0.15) is 0 Å². The first kappa shape index (κ1) is 22.1. The van der Waals surface area contributed by atoms with E-state index in [0.717, 1.165) is 12.2 Å². The molecule has 3 aromatic rings. The monoisotopic (exact) mass is 420 g/mol. The number of aryl methyl sites for hydroxylation is 1. The minimum atomic E-state index is 1.02. The molecular formula is C27H32S2. The Morgan fingerprint density at radius 3 is 1.66 bits per heavy atom. The van der Waals surface area contributed by atoms with Crippen LogP contribution in [0.5, 0.6) is 0 Å². The van der Waals surface area contributed by atoms with Crippen LogP contribution < -0.4 is 0 Å². The Morgan fingerprint density at radius 2 is 1.10 bits per heavy atom. The lowest BCUT2D eigenvalue weighted by molar-refractivity contribution is 0.706. The molecule has 0 bridgehead atoms. The number of benzene rings is 3. The van der Waals surface area contributed by atoms with Crippen LogP contribution in [0.3, 0.4) is 0 Å². The number of unbranched alkanes of at least 4 members (excludes halogenated alkanes) is 3. The van der Waals surface area contributed by atoms with E-state index in [1.54, 1.807) is 0 Å². The molecule has 0 spiro atoms. The smallest absolute Gasteiger partial charge is 0.0231 e. The molecule has 0 heterocycles. The van der Waals surface area contributed by atoms with E-state index in [-0.39, 0.29) is 0 Å². The summed E-state index contributed by atoms with van der Waals surface area (Å²) in [6, 6.07) is 27.0. The van der Waals surface area contributed by atoms with E-state index < -0.39 is 0 Å². The summed E-state index contributed by atoms with van der Waals surface area (Å²) < 4.78 is 0. The maximum Gasteiger partial charge on any atom is 0.0231 e. The number of thioether (sulfide) groups is 2. The molecule has 2 heteroatoms. The molecule has 0 radical (unpaired) electrons. The van der Waals surface area contributed by atoms with Gasteiger partial charge in [-0.1, -0.05) is 81.6 Å². The standard InChI is InChI=1S/C27H32S2/c1-3-5-6-7-20-28-26-16-12-24(13-17-26)25-14-18-27(19-15-25)29-21-23-10-8-22(4-2)9-11-23/h8-19H,3-7,20-21H2,1-2H3. The molecule has 0 aliphatic heterocycles. The fraction of sp³-hybridized carbons (Fsp3) is 0.333. The topological polar surface area (TPSA) is 0 Å². The van der Waals surface area contributed by atoms with E-state index in [0.29, 0.717) is 0 Å². The van der Waals surface area contributed by atoms with Crippen molar-refractivity contribution in [3.63, 3.8) is 0 Å². The van der Waals surface area contributed by atoms with Crippen molar-refractivity contribution in [3.8, 4) is 11.1 Å². The lowest BCUT2D eigenvalue weighted by atomic mass is 10.1. The molecule has 3 rings (SSSR count). The van der Waals surface area contributed by atoms with Crippen LogP contribution in [-0.4, -0.2) is 5.75 Å². The molecular weight excluding hydrogens is 388 g/mol. The third-order valence-electron chi connectivity index (χ3n) is 5.15. The van der Waals surface area contributed by atoms with E-state index in [9.17, 15) is 0 Å². The van der Waals surface area contributed by atoms with Crippen LogP contribution in [0.15, 0.2) is 82.6 Å². The average molecular weight is 421 g/mol. The summed E-state index contributed by atoms with van der Waals surface area (Å²) in [6.07, 6.45) is 6.45. The second-order valence-corrected chi connectivity index (χ2v) is 9.63. The predicted molar refractivity (Wildman–Crippen MR) is 132 cm³/mol. The predicted octanol–water partition coefficient (Wildman–Crippen LogP) is 8.88. The molecule has 0 fully saturated rings. The van der Waals surface area contributed by atoms with Crippen LogP contribution in [0.2, 0.25) is 0 Å². The van der Waals surface area contributed by atoms with E-state index in [2.05, 4.69) is 86.6 Å². The zero-order chi connectivity index (χ0) is 20.3. The van der Waals surface area contributed by atoms with Gasteiger partial charge in [0, 0.05) is 15.5 Å². The summed E-state index contributed by atoms with van der Waals surface area (Å²) in [5.41, 5.74) is 5.39. The normalized spacial score (nSPS) is 11.0. The van der Waals surface area contributed by atoms with Gasteiger partial charge in [-0.25, -0.2) is 0 Å². The van der Waals surface area contributed by atoms with Crippen LogP contribution in [0.4, 0.5) is 0 Å². The third kappa shape index (κ3) is 7.28. The number of hydrogen-bond donors (Lipinski definition) is 0. The van der Waals surface area contributed by atoms with E-state index >= 15 is 0 Å². The lowest BCUT2D eigenvalue weighted by Gasteiger charge is -2.07. The Labute approximate surface area is 185 Å². The van der Waals surface area contributed by atoms with Crippen molar-refractivity contribution in [2.75, 3.05) is 5.75 Å². The molecule has 0 N–H and O–H groups in total. The highest BCUT2D eigenvalue weighted by Crippen LogP contribution is 2.28. The zero-order valence-electron chi connectivity index (χ0n) is 17.7. The van der Waals surface area contributed by atoms with Gasteiger partial charge in [-0.3, -0.25) is 0 Å². The first-order valence-electron chi connectivity index (χ1n) is 10.8. The lowest BCUT2D eigenvalue weighted by Crippen LogP contribution is -1.84. The van der Waals surface area contributed by atoms with Crippen molar-refractivity contribution in [1.29, 1.82) is 0 Å². The van der Waals surface area contributed by atoms with Crippen LogP contribution in [-0.2, 0) is 12.2 Å². The highest BCUT2D eigenvalue weighted by Gasteiger charge is 2.02. The highest BCUT2D eigenvalue weighted by molar-refractivity contribution is 7.99. The van der Waals surface area contributed by atoms with Gasteiger partial charge in [0.15, 0.2) is 0 Å². The summed E-state index contributed by atoms with van der Waals surface area (Å²) >= 11 is 3.89. The Kier molecular flexibility index (Phi) is 9.24. The molecule has 0 atom stereocenters. The first-order valence-corrected chi connectivity index (χ1v) is 12.8. The Balaban J connectivity index is 1.50. The highest BCUT2D eigenvalue weighted by atomic mass is 32.2. The fourth-order valence-corrected chi connectivity index (χ4v) is 5.01. The van der Waals surface area contributed by atoms with Gasteiger partial charge in [-0.2, -0.15) is 0 Å². The molecule has 0 saturated carbocycles. The molecule has 0 unspecified atom stereocenters. The van der Waals surface area contributed by atoms with Gasteiger partial charge >= 0.3 is 0 Å². The second kappa shape index (κ2) is 12.1. The molecule has 0 nitrogen and oxygen atoms in total. The summed E-state index contributed by atoms with van der Waals surface area (Å²) in [6.45, 7) is 4.47. The quantitative estimate of drug-likeness (QED) is 0.224. The molecule has 0 aliphatic carbocycles. The van der Waals surface area contributed by atoms with Crippen LogP contribution in [0.25, 0.3) is 11.1 Å². The Hall–Kier alpha value is -1.64. The fourth-order valence-electron chi connectivity index (χ4n) is 3.24. The van der Waals surface area contributed by atoms with Gasteiger partial charge < -0.3 is 0 Å². The van der Waals surface area contributed by atoms with Crippen LogP contribution in [0.1, 0.15) is 50.7 Å². The van der Waals surface area contributed by atoms with Crippen molar-refractivity contribution in [2.24, 2.45) is 0 Å². The minimum Gasteiger partial charge on any atom is -0.126 e. The van der Waals surface area contributed by atoms with Crippen LogP contribution in [0, 0.1) is 0 Å². The minimum absolute atomic E-state index is 1.02. The van der Waals surface area contributed by atoms with Gasteiger partial charge in [-0.15, -0.1) is 23.5 Å². The van der Waals surface area contributed by atoms with E-state index in [1.165, 1.54) is 63.5 Å². The summed E-state index contributed by atoms with van der Waals surface area (Å²) in [4.78, 5) is 2.71. The van der Waals surface area contributed by atoms with E-state index in [4.69, 9.17) is 0 Å². The van der Waals surface area contributed by atoms with Crippen molar-refractivity contribution < 1.29 is 0 Å². The summed E-state index contributed by atoms with van der Waals surface area (Å²) in [5, 5.41) is 0. The van der Waals surface area contributed by atoms with Crippen molar-refractivity contribution in [1.82, 2.24) is 0 Å². The molecule has 3 aromatic carbocycles. The number of hydrogen-bond acceptors (Lipinski definition) is 2. The zero-order valence-corrected chi connectivity index (χ0v) is 19.3. The second-order valence-electron chi connectivity index (χ2n) is 7.42. The van der Waals surface area contributed by atoms with Crippen LogP contribution >= 0.6 is 23.5 Å². The van der Waals surface area contributed by atoms with E-state index in [1.807, 2.05) is 23.5 Å². The average Bonchev–Trinajstić information content (AvgIpc) is 2.79. The largest absolute Gasteiger partial charge is 0.126 e. The van der Waals surface area contributed by atoms with Crippen molar-refractivity contribution in [3.05, 3.63) is 83.9 Å². The van der Waals surface area contributed by atoms with Gasteiger partial charge in [-0.05, 0) is 65.1 Å². The van der Waals surface area contributed by atoms with Crippen molar-refractivity contribution >= 4 is 23.5 Å². The summed E-state index contributed by atoms with van der Waals surface area (Å²) in [5.74, 6) is 2.25. The van der Waals surface area contributed by atoms with Gasteiger partial charge in [0.05, 0.1) is 0 Å². The SMILES string of the molecule is CCCCCCSc1ccc(-c2ccc(SCc3ccc(CC)cc3)cc2)cc1. The molecule has 0 amide bonds. The molecule has 29 heavy (non-hydrogen) atoms. The Morgan fingerprint density at radius 1 is 0.552 bits per heavy atom. The molecule has 152 valence electrons. The van der Waals surface area contributed by atoms with Gasteiger partial charge in [0.25, 0.3) is 0 Å². The Bertz CT molecular complexity index is 833. The third-order valence-corrected chi connectivity index (χ3v) is 7.33. The first-order chi connectivity index (χ1) is 14.3. The molecule has 0 aromatic heterocycles. The summed E-state index contributed by atoms with van der Waals surface area (Å²) in [7, 11) is 0. The molecule has 0 saturated heterocycles. The molecule has 0 aliphatic rings. The van der Waals surface area contributed by atoms with Gasteiger partial charge in [0.2, 0.25) is 0 Å². The number of rotatable bonds is 11.